The summed E-state index contributed by atoms with van der Waals surface area (Å²) in [7, 11) is 0. The summed E-state index contributed by atoms with van der Waals surface area (Å²) in [4.78, 5) is 19.4. The van der Waals surface area contributed by atoms with Crippen LogP contribution in [0.5, 0.6) is 0 Å². The van der Waals surface area contributed by atoms with Crippen LogP contribution in [0.4, 0.5) is 0 Å². The maximum absolute atomic E-state index is 13.0. The number of pyridine rings is 1. The lowest BCUT2D eigenvalue weighted by molar-refractivity contribution is -0.134. The zero-order valence-electron chi connectivity index (χ0n) is 13.1. The van der Waals surface area contributed by atoms with Gasteiger partial charge in [0.25, 0.3) is 0 Å². The average Bonchev–Trinajstić information content (AvgIpc) is 2.75. The van der Waals surface area contributed by atoms with E-state index in [9.17, 15) is 4.79 Å². The molecular formula is C17H25N3O. The van der Waals surface area contributed by atoms with Gasteiger partial charge < -0.3 is 4.90 Å². The zero-order valence-corrected chi connectivity index (χ0v) is 13.1. The van der Waals surface area contributed by atoms with Gasteiger partial charge in [-0.1, -0.05) is 32.3 Å². The molecule has 1 amide bonds. The number of hydrogen-bond donors (Lipinski definition) is 1. The third-order valence-electron chi connectivity index (χ3n) is 4.91. The molecule has 0 aromatic carbocycles. The quantitative estimate of drug-likeness (QED) is 0.929. The molecular weight excluding hydrogens is 262 g/mol. The summed E-state index contributed by atoms with van der Waals surface area (Å²) in [6.07, 6.45) is 8.29. The Kier molecular flexibility index (Phi) is 3.98. The summed E-state index contributed by atoms with van der Waals surface area (Å²) in [5, 5.41) is 3.68. The molecule has 1 aliphatic carbocycles. The lowest BCUT2D eigenvalue weighted by Crippen LogP contribution is -2.48. The highest BCUT2D eigenvalue weighted by atomic mass is 16.2. The Bertz CT molecular complexity index is 523. The van der Waals surface area contributed by atoms with E-state index in [1.165, 1.54) is 6.42 Å². The largest absolute Gasteiger partial charge is 0.321 e. The number of amides is 1. The van der Waals surface area contributed by atoms with Crippen LogP contribution in [0.1, 0.15) is 62.9 Å². The minimum atomic E-state index is -0.319. The van der Waals surface area contributed by atoms with E-state index < -0.39 is 0 Å². The number of nitrogens with one attached hydrogen (secondary N) is 1. The highest BCUT2D eigenvalue weighted by molar-refractivity contribution is 5.89. The summed E-state index contributed by atoms with van der Waals surface area (Å²) in [6, 6.07) is 4.06. The van der Waals surface area contributed by atoms with Gasteiger partial charge in [0.05, 0.1) is 5.54 Å². The van der Waals surface area contributed by atoms with Crippen molar-refractivity contribution in [2.45, 2.75) is 64.1 Å². The van der Waals surface area contributed by atoms with E-state index in [0.29, 0.717) is 5.91 Å². The van der Waals surface area contributed by atoms with Crippen LogP contribution in [-0.2, 0) is 4.79 Å². The molecule has 1 aliphatic heterocycles. The minimum absolute atomic E-state index is 0.00995. The van der Waals surface area contributed by atoms with Crippen molar-refractivity contribution in [3.8, 4) is 0 Å². The normalized spacial score (nSPS) is 24.8. The van der Waals surface area contributed by atoms with Crippen molar-refractivity contribution in [1.82, 2.24) is 15.2 Å². The summed E-state index contributed by atoms with van der Waals surface area (Å²) in [5.41, 5.74) is 1.83. The van der Waals surface area contributed by atoms with Crippen LogP contribution in [0.3, 0.4) is 0 Å². The molecule has 1 unspecified atom stereocenters. The summed E-state index contributed by atoms with van der Waals surface area (Å²) in [5.74, 6) is 0.303. The smallest absolute Gasteiger partial charge is 0.244 e. The van der Waals surface area contributed by atoms with Crippen molar-refractivity contribution in [1.29, 1.82) is 0 Å². The maximum Gasteiger partial charge on any atom is 0.244 e. The van der Waals surface area contributed by atoms with Gasteiger partial charge in [-0.15, -0.1) is 0 Å². The van der Waals surface area contributed by atoms with Crippen LogP contribution in [0, 0.1) is 6.92 Å². The van der Waals surface area contributed by atoms with E-state index in [-0.39, 0.29) is 11.7 Å². The Balaban J connectivity index is 1.95. The summed E-state index contributed by atoms with van der Waals surface area (Å²) in [6.45, 7) is 4.97. The molecule has 0 radical (unpaired) electrons. The van der Waals surface area contributed by atoms with E-state index in [1.54, 1.807) is 0 Å². The van der Waals surface area contributed by atoms with Gasteiger partial charge >= 0.3 is 0 Å². The number of carbonyl (C=O) groups excluding carboxylic acids is 1. The van der Waals surface area contributed by atoms with E-state index in [2.05, 4.69) is 23.3 Å². The molecule has 2 heterocycles. The van der Waals surface area contributed by atoms with Gasteiger partial charge in [-0.25, -0.2) is 0 Å². The van der Waals surface area contributed by atoms with E-state index >= 15 is 0 Å². The number of nitrogens with zero attached hydrogens (tertiary/aromatic N) is 2. The van der Waals surface area contributed by atoms with Crippen LogP contribution in [0.25, 0.3) is 0 Å². The molecule has 4 heteroatoms. The molecule has 1 spiro atoms. The van der Waals surface area contributed by atoms with E-state index in [0.717, 1.165) is 49.9 Å². The molecule has 1 N–H and O–H groups in total. The van der Waals surface area contributed by atoms with Crippen molar-refractivity contribution in [2.24, 2.45) is 0 Å². The molecule has 4 nitrogen and oxygen atoms in total. The lowest BCUT2D eigenvalue weighted by Gasteiger charge is -2.31. The predicted molar refractivity (Wildman–Crippen MR) is 82.7 cm³/mol. The molecule has 2 aliphatic rings. The second-order valence-electron chi connectivity index (χ2n) is 6.37. The van der Waals surface area contributed by atoms with Crippen molar-refractivity contribution in [2.75, 3.05) is 6.54 Å². The number of hydrogen-bond acceptors (Lipinski definition) is 3. The Morgan fingerprint density at radius 2 is 2.14 bits per heavy atom. The number of aromatic nitrogens is 1. The molecule has 1 atom stereocenters. The fraction of sp³-hybridized carbons (Fsp3) is 0.647. The van der Waals surface area contributed by atoms with Gasteiger partial charge in [0, 0.05) is 24.0 Å². The average molecular weight is 287 g/mol. The standard InChI is InChI=1S/C17H25N3O/c1-3-12-20-15(14-8-7-11-18-13(14)2)19-17(16(20)21)9-5-4-6-10-17/h7-8,11,15,19H,3-6,9-10,12H2,1-2H3. The van der Waals surface area contributed by atoms with Crippen LogP contribution >= 0.6 is 0 Å². The molecule has 1 saturated heterocycles. The first-order chi connectivity index (χ1) is 10.2. The first-order valence-electron chi connectivity index (χ1n) is 8.18. The van der Waals surface area contributed by atoms with Crippen molar-refractivity contribution >= 4 is 5.91 Å². The zero-order chi connectivity index (χ0) is 14.9. The molecule has 3 rings (SSSR count). The molecule has 21 heavy (non-hydrogen) atoms. The summed E-state index contributed by atoms with van der Waals surface area (Å²) >= 11 is 0. The van der Waals surface area contributed by atoms with Crippen LogP contribution < -0.4 is 5.32 Å². The van der Waals surface area contributed by atoms with Gasteiger partial charge in [0.2, 0.25) is 5.91 Å². The van der Waals surface area contributed by atoms with E-state index in [1.807, 2.05) is 24.1 Å². The van der Waals surface area contributed by atoms with Crippen LogP contribution in [0.15, 0.2) is 18.3 Å². The minimum Gasteiger partial charge on any atom is -0.321 e. The van der Waals surface area contributed by atoms with Crippen LogP contribution in [-0.4, -0.2) is 27.9 Å². The Hall–Kier alpha value is -1.42. The third kappa shape index (κ3) is 2.46. The fourth-order valence-electron chi connectivity index (χ4n) is 3.81. The number of aryl methyl sites for hydroxylation is 1. The van der Waals surface area contributed by atoms with Gasteiger partial charge in [0.1, 0.15) is 6.17 Å². The van der Waals surface area contributed by atoms with E-state index in [4.69, 9.17) is 0 Å². The third-order valence-corrected chi connectivity index (χ3v) is 4.91. The molecule has 114 valence electrons. The van der Waals surface area contributed by atoms with Crippen molar-refractivity contribution in [3.05, 3.63) is 29.6 Å². The maximum atomic E-state index is 13.0. The second kappa shape index (κ2) is 5.76. The van der Waals surface area contributed by atoms with Gasteiger partial charge in [-0.2, -0.15) is 0 Å². The highest BCUT2D eigenvalue weighted by Gasteiger charge is 2.51. The molecule has 1 saturated carbocycles. The molecule has 1 aromatic heterocycles. The lowest BCUT2D eigenvalue weighted by atomic mass is 9.81. The van der Waals surface area contributed by atoms with Crippen LogP contribution in [0.2, 0.25) is 0 Å². The Morgan fingerprint density at radius 3 is 2.81 bits per heavy atom. The number of rotatable bonds is 3. The fourth-order valence-corrected chi connectivity index (χ4v) is 3.81. The molecule has 2 fully saturated rings. The molecule has 0 bridgehead atoms. The van der Waals surface area contributed by atoms with Gasteiger partial charge in [-0.3, -0.25) is 15.1 Å². The monoisotopic (exact) mass is 287 g/mol. The second-order valence-corrected chi connectivity index (χ2v) is 6.37. The van der Waals surface area contributed by atoms with Gasteiger partial charge in [0.15, 0.2) is 0 Å². The Morgan fingerprint density at radius 1 is 1.38 bits per heavy atom. The predicted octanol–water partition coefficient (Wildman–Crippen LogP) is 2.93. The Labute approximate surface area is 126 Å². The van der Waals surface area contributed by atoms with Crippen molar-refractivity contribution in [3.63, 3.8) is 0 Å². The number of carbonyl (C=O) groups is 1. The first kappa shape index (κ1) is 14.5. The highest BCUT2D eigenvalue weighted by Crippen LogP contribution is 2.40. The first-order valence-corrected chi connectivity index (χ1v) is 8.18. The SMILES string of the molecule is CCCN1C(=O)C2(CCCCC2)NC1c1cccnc1C. The summed E-state index contributed by atoms with van der Waals surface area (Å²) < 4.78 is 0. The topological polar surface area (TPSA) is 45.2 Å². The van der Waals surface area contributed by atoms with Gasteiger partial charge in [-0.05, 0) is 32.3 Å². The molecule has 1 aromatic rings. The van der Waals surface area contributed by atoms with Crippen molar-refractivity contribution < 1.29 is 4.79 Å².